The van der Waals surface area contributed by atoms with Crippen molar-refractivity contribution in [2.45, 2.75) is 37.4 Å². The van der Waals surface area contributed by atoms with E-state index in [1.165, 1.54) is 57.6 Å². The van der Waals surface area contributed by atoms with Crippen LogP contribution in [0.15, 0.2) is 0 Å². The summed E-state index contributed by atoms with van der Waals surface area (Å²) >= 11 is 2.16. The van der Waals surface area contributed by atoms with Crippen LogP contribution in [0.5, 0.6) is 0 Å². The molecule has 2 rings (SSSR count). The van der Waals surface area contributed by atoms with Gasteiger partial charge in [0.15, 0.2) is 0 Å². The van der Waals surface area contributed by atoms with Gasteiger partial charge in [0.1, 0.15) is 0 Å². The Morgan fingerprint density at radius 1 is 1.44 bits per heavy atom. The topological polar surface area (TPSA) is 15.3 Å². The molecule has 0 saturated carbocycles. The molecule has 3 heteroatoms. The molecule has 1 N–H and O–H groups in total. The number of piperidine rings is 1. The van der Waals surface area contributed by atoms with Crippen molar-refractivity contribution in [2.24, 2.45) is 5.92 Å². The van der Waals surface area contributed by atoms with E-state index in [-0.39, 0.29) is 0 Å². The second-order valence-corrected chi connectivity index (χ2v) is 7.49. The summed E-state index contributed by atoms with van der Waals surface area (Å²) in [7, 11) is 2.25. The predicted octanol–water partition coefficient (Wildman–Crippen LogP) is 2.20. The maximum atomic E-state index is 3.71. The van der Waals surface area contributed by atoms with E-state index in [0.29, 0.717) is 4.75 Å². The van der Waals surface area contributed by atoms with Crippen LogP contribution in [-0.4, -0.2) is 48.6 Å². The smallest absolute Gasteiger partial charge is 0.0256 e. The largest absolute Gasteiger partial charge is 0.315 e. The molecule has 2 fully saturated rings. The highest BCUT2D eigenvalue weighted by Crippen LogP contribution is 2.36. The number of hydrogen-bond acceptors (Lipinski definition) is 3. The van der Waals surface area contributed by atoms with Gasteiger partial charge in [0.2, 0.25) is 0 Å². The lowest BCUT2D eigenvalue weighted by atomic mass is 9.98. The molecule has 2 saturated heterocycles. The quantitative estimate of drug-likeness (QED) is 0.814. The SMILES string of the molecule is CN1CCCC(CNCC2(C)CCCS2)C1. The van der Waals surface area contributed by atoms with Gasteiger partial charge in [-0.1, -0.05) is 0 Å². The van der Waals surface area contributed by atoms with Gasteiger partial charge in [-0.25, -0.2) is 0 Å². The number of hydrogen-bond donors (Lipinski definition) is 1. The number of rotatable bonds is 4. The molecule has 0 amide bonds. The van der Waals surface area contributed by atoms with Crippen LogP contribution in [0.25, 0.3) is 0 Å². The normalized spacial score (nSPS) is 36.8. The summed E-state index contributed by atoms with van der Waals surface area (Å²) < 4.78 is 0.528. The van der Waals surface area contributed by atoms with Crippen LogP contribution in [0.4, 0.5) is 0 Å². The van der Waals surface area contributed by atoms with Gasteiger partial charge in [-0.05, 0) is 64.4 Å². The molecular weight excluding hydrogens is 216 g/mol. The summed E-state index contributed by atoms with van der Waals surface area (Å²) in [5, 5.41) is 3.71. The maximum Gasteiger partial charge on any atom is 0.0256 e. The van der Waals surface area contributed by atoms with Crippen molar-refractivity contribution in [3.8, 4) is 0 Å². The highest BCUT2D eigenvalue weighted by Gasteiger charge is 2.29. The molecule has 2 unspecified atom stereocenters. The third kappa shape index (κ3) is 3.64. The lowest BCUT2D eigenvalue weighted by Crippen LogP contribution is -2.40. The van der Waals surface area contributed by atoms with E-state index in [2.05, 4.69) is 35.9 Å². The Morgan fingerprint density at radius 3 is 3.00 bits per heavy atom. The van der Waals surface area contributed by atoms with E-state index in [9.17, 15) is 0 Å². The van der Waals surface area contributed by atoms with Crippen molar-refractivity contribution >= 4 is 11.8 Å². The predicted molar refractivity (Wildman–Crippen MR) is 73.2 cm³/mol. The van der Waals surface area contributed by atoms with Gasteiger partial charge in [-0.2, -0.15) is 11.8 Å². The van der Waals surface area contributed by atoms with Crippen LogP contribution in [0.1, 0.15) is 32.6 Å². The van der Waals surface area contributed by atoms with Crippen LogP contribution in [-0.2, 0) is 0 Å². The zero-order chi connectivity index (χ0) is 11.4. The molecule has 0 bridgehead atoms. The van der Waals surface area contributed by atoms with E-state index in [0.717, 1.165) is 5.92 Å². The Bertz CT molecular complexity index is 214. The van der Waals surface area contributed by atoms with Crippen LogP contribution in [0, 0.1) is 5.92 Å². The summed E-state index contributed by atoms with van der Waals surface area (Å²) in [6, 6.07) is 0. The molecule has 0 aromatic heterocycles. The molecule has 2 atom stereocenters. The minimum atomic E-state index is 0.528. The average Bonchev–Trinajstić information content (AvgIpc) is 2.65. The number of nitrogens with one attached hydrogen (secondary N) is 1. The highest BCUT2D eigenvalue weighted by molar-refractivity contribution is 8.00. The molecule has 94 valence electrons. The second kappa shape index (κ2) is 5.74. The molecule has 2 aliphatic heterocycles. The molecule has 2 heterocycles. The zero-order valence-corrected chi connectivity index (χ0v) is 11.6. The Hall–Kier alpha value is 0.270. The first kappa shape index (κ1) is 12.7. The van der Waals surface area contributed by atoms with Gasteiger partial charge >= 0.3 is 0 Å². The minimum absolute atomic E-state index is 0.528. The summed E-state index contributed by atoms with van der Waals surface area (Å²) in [6.07, 6.45) is 5.61. The molecule has 0 aromatic carbocycles. The van der Waals surface area contributed by atoms with Gasteiger partial charge in [0, 0.05) is 17.8 Å². The van der Waals surface area contributed by atoms with Crippen molar-refractivity contribution in [3.05, 3.63) is 0 Å². The first-order valence-corrected chi connectivity index (χ1v) is 7.70. The fourth-order valence-corrected chi connectivity index (χ4v) is 4.23. The standard InChI is InChI=1S/C13H26N2S/c1-13(6-4-8-16-13)11-14-9-12-5-3-7-15(2)10-12/h12,14H,3-11H2,1-2H3. The molecule has 0 spiro atoms. The van der Waals surface area contributed by atoms with Crippen LogP contribution >= 0.6 is 11.8 Å². The van der Waals surface area contributed by atoms with E-state index < -0.39 is 0 Å². The summed E-state index contributed by atoms with van der Waals surface area (Å²) in [6.45, 7) is 7.43. The van der Waals surface area contributed by atoms with Gasteiger partial charge in [0.05, 0.1) is 0 Å². The summed E-state index contributed by atoms with van der Waals surface area (Å²) in [5.41, 5.74) is 0. The Morgan fingerprint density at radius 2 is 2.31 bits per heavy atom. The molecule has 0 radical (unpaired) electrons. The van der Waals surface area contributed by atoms with Gasteiger partial charge < -0.3 is 10.2 Å². The Labute approximate surface area is 105 Å². The molecule has 2 nitrogen and oxygen atoms in total. The van der Waals surface area contributed by atoms with Crippen LogP contribution in [0.3, 0.4) is 0 Å². The third-order valence-electron chi connectivity index (χ3n) is 3.95. The van der Waals surface area contributed by atoms with E-state index in [1.54, 1.807) is 0 Å². The molecular formula is C13H26N2S. The van der Waals surface area contributed by atoms with E-state index in [1.807, 2.05) is 0 Å². The second-order valence-electron chi connectivity index (χ2n) is 5.80. The highest BCUT2D eigenvalue weighted by atomic mass is 32.2. The monoisotopic (exact) mass is 242 g/mol. The molecule has 2 aliphatic rings. The number of likely N-dealkylation sites (tertiary alicyclic amines) is 1. The minimum Gasteiger partial charge on any atom is -0.315 e. The summed E-state index contributed by atoms with van der Waals surface area (Å²) in [4.78, 5) is 2.47. The lowest BCUT2D eigenvalue weighted by molar-refractivity contribution is 0.205. The molecule has 0 aromatic rings. The first-order chi connectivity index (χ1) is 7.68. The molecule has 16 heavy (non-hydrogen) atoms. The van der Waals surface area contributed by atoms with Gasteiger partial charge in [-0.3, -0.25) is 0 Å². The van der Waals surface area contributed by atoms with Crippen molar-refractivity contribution in [1.29, 1.82) is 0 Å². The van der Waals surface area contributed by atoms with Crippen molar-refractivity contribution in [2.75, 3.05) is 39.0 Å². The van der Waals surface area contributed by atoms with Crippen molar-refractivity contribution in [3.63, 3.8) is 0 Å². The summed E-state index contributed by atoms with van der Waals surface area (Å²) in [5.74, 6) is 2.25. The first-order valence-electron chi connectivity index (χ1n) is 6.71. The molecule has 0 aliphatic carbocycles. The van der Waals surface area contributed by atoms with Crippen LogP contribution < -0.4 is 5.32 Å². The van der Waals surface area contributed by atoms with Gasteiger partial charge in [-0.15, -0.1) is 0 Å². The maximum absolute atomic E-state index is 3.71. The van der Waals surface area contributed by atoms with Crippen molar-refractivity contribution in [1.82, 2.24) is 10.2 Å². The zero-order valence-electron chi connectivity index (χ0n) is 10.8. The Balaban J connectivity index is 1.63. The van der Waals surface area contributed by atoms with Gasteiger partial charge in [0.25, 0.3) is 0 Å². The van der Waals surface area contributed by atoms with Crippen molar-refractivity contribution < 1.29 is 0 Å². The van der Waals surface area contributed by atoms with Crippen LogP contribution in [0.2, 0.25) is 0 Å². The fraction of sp³-hybridized carbons (Fsp3) is 1.00. The Kier molecular flexibility index (Phi) is 4.57. The fourth-order valence-electron chi connectivity index (χ4n) is 2.96. The number of nitrogens with zero attached hydrogens (tertiary/aromatic N) is 1. The third-order valence-corrected chi connectivity index (χ3v) is 5.49. The lowest BCUT2D eigenvalue weighted by Gasteiger charge is -2.31. The average molecular weight is 242 g/mol. The van der Waals surface area contributed by atoms with E-state index in [4.69, 9.17) is 0 Å². The van der Waals surface area contributed by atoms with E-state index >= 15 is 0 Å². The number of thioether (sulfide) groups is 1.